The van der Waals surface area contributed by atoms with Crippen LogP contribution < -0.4 is 15.5 Å². The van der Waals surface area contributed by atoms with E-state index in [-0.39, 0.29) is 17.1 Å². The monoisotopic (exact) mass is 602 g/mol. The molecular weight excluding hydrogens is 550 g/mol. The summed E-state index contributed by atoms with van der Waals surface area (Å²) in [6.45, 7) is 2.69. The number of pyridine rings is 1. The van der Waals surface area contributed by atoms with Gasteiger partial charge in [-0.2, -0.15) is 11.9 Å². The number of aromatic nitrogens is 2. The fraction of sp³-hybridized carbons (Fsp3) is 0.595. The minimum atomic E-state index is -0.561. The van der Waals surface area contributed by atoms with E-state index in [1.807, 2.05) is 30.5 Å². The molecule has 7 nitrogen and oxygen atoms in total. The Morgan fingerprint density at radius 1 is 1.02 bits per heavy atom. The number of nitrogen functional groups attached to an aromatic ring is 1. The summed E-state index contributed by atoms with van der Waals surface area (Å²) in [5.41, 5.74) is 9.32. The zero-order chi connectivity index (χ0) is 30.9. The van der Waals surface area contributed by atoms with Crippen LogP contribution in [0.1, 0.15) is 113 Å². The number of nitrogens with zero attached hydrogens (tertiary/aromatic N) is 2. The Labute approximate surface area is 263 Å². The first-order chi connectivity index (χ1) is 21.4. The second-order valence-corrected chi connectivity index (χ2v) is 13.4. The van der Waals surface area contributed by atoms with Gasteiger partial charge in [0.1, 0.15) is 5.82 Å². The van der Waals surface area contributed by atoms with Gasteiger partial charge in [-0.15, -0.1) is 0 Å². The number of phenolic OH excluding ortho intramolecular Hbond substituents is 1. The zero-order valence-electron chi connectivity index (χ0n) is 26.4. The summed E-state index contributed by atoms with van der Waals surface area (Å²) in [5, 5.41) is 32.3. The number of hydrogen-bond acceptors (Lipinski definition) is 6. The molecule has 2 aliphatic carbocycles. The van der Waals surface area contributed by atoms with E-state index in [9.17, 15) is 15.3 Å². The van der Waals surface area contributed by atoms with Crippen LogP contribution >= 0.6 is 0 Å². The van der Waals surface area contributed by atoms with Crippen molar-refractivity contribution in [2.24, 2.45) is 11.8 Å². The Kier molecular flexibility index (Phi) is 11.3. The van der Waals surface area contributed by atoms with Gasteiger partial charge >= 0.3 is 0 Å². The van der Waals surface area contributed by atoms with Crippen LogP contribution in [0.3, 0.4) is 0 Å². The Hall–Kier alpha value is -3.03. The average Bonchev–Trinajstić information content (AvgIpc) is 3.68. The van der Waals surface area contributed by atoms with Crippen LogP contribution in [0.25, 0.3) is 0 Å². The number of phenols is 1. The topological polar surface area (TPSA) is 123 Å². The number of aromatic hydroxyl groups is 1. The Morgan fingerprint density at radius 2 is 1.86 bits per heavy atom. The number of aliphatic hydroxyl groups excluding tert-OH is 2. The molecule has 44 heavy (non-hydrogen) atoms. The van der Waals surface area contributed by atoms with Crippen LogP contribution in [0.4, 0.5) is 5.82 Å². The molecule has 7 heteroatoms. The predicted molar refractivity (Wildman–Crippen MR) is 175 cm³/mol. The number of ether oxygens (including phenoxy) is 1. The van der Waals surface area contributed by atoms with E-state index in [4.69, 9.17) is 15.5 Å². The van der Waals surface area contributed by atoms with Crippen molar-refractivity contribution in [3.8, 4) is 11.5 Å². The van der Waals surface area contributed by atoms with Gasteiger partial charge in [0.25, 0.3) is 0 Å². The SMILES string of the molecule is CC[C@@H]1CCC[C@@H]([C@H](O)C[C@H](O)CCc2ccc(O)c(OCC[C@H](c3ccnc(N)c3)C3(c4ccc[n-]4)CCCC3)c2)CC1. The molecule has 1 aromatic carbocycles. The summed E-state index contributed by atoms with van der Waals surface area (Å²) in [6, 6.07) is 13.6. The van der Waals surface area contributed by atoms with Crippen LogP contribution in [0.5, 0.6) is 11.5 Å². The number of hydrogen-bond donors (Lipinski definition) is 4. The lowest BCUT2D eigenvalue weighted by atomic mass is 9.67. The summed E-state index contributed by atoms with van der Waals surface area (Å²) in [6.07, 6.45) is 16.4. The molecule has 5 atom stereocenters. The molecule has 5 N–H and O–H groups in total. The fourth-order valence-corrected chi connectivity index (χ4v) is 8.07. The maximum Gasteiger partial charge on any atom is 0.161 e. The van der Waals surface area contributed by atoms with Crippen molar-refractivity contribution in [3.63, 3.8) is 0 Å². The first-order valence-corrected chi connectivity index (χ1v) is 17.0. The Balaban J connectivity index is 1.19. The Morgan fingerprint density at radius 3 is 2.61 bits per heavy atom. The first-order valence-electron chi connectivity index (χ1n) is 17.0. The molecule has 240 valence electrons. The van der Waals surface area contributed by atoms with E-state index >= 15 is 0 Å². The molecule has 0 bridgehead atoms. The third kappa shape index (κ3) is 7.97. The van der Waals surface area contributed by atoms with Crippen molar-refractivity contribution in [2.75, 3.05) is 12.3 Å². The summed E-state index contributed by atoms with van der Waals surface area (Å²) in [5.74, 6) is 2.31. The third-order valence-corrected chi connectivity index (χ3v) is 10.7. The number of aliphatic hydroxyl groups is 2. The van der Waals surface area contributed by atoms with Gasteiger partial charge in [0.2, 0.25) is 0 Å². The van der Waals surface area contributed by atoms with Gasteiger partial charge in [-0.3, -0.25) is 0 Å². The molecule has 2 aliphatic rings. The second kappa shape index (κ2) is 15.3. The molecule has 0 unspecified atom stereocenters. The normalized spacial score (nSPS) is 22.2. The first kappa shape index (κ1) is 32.4. The van der Waals surface area contributed by atoms with Crippen molar-refractivity contribution >= 4 is 5.82 Å². The lowest BCUT2D eigenvalue weighted by Gasteiger charge is -2.42. The van der Waals surface area contributed by atoms with Crippen molar-refractivity contribution in [3.05, 3.63) is 71.7 Å². The highest BCUT2D eigenvalue weighted by Crippen LogP contribution is 2.51. The van der Waals surface area contributed by atoms with Gasteiger partial charge < -0.3 is 30.8 Å². The van der Waals surface area contributed by atoms with Crippen LogP contribution in [0, 0.1) is 11.8 Å². The fourth-order valence-electron chi connectivity index (χ4n) is 8.07. The smallest absolute Gasteiger partial charge is 0.161 e. The second-order valence-electron chi connectivity index (χ2n) is 13.4. The minimum Gasteiger partial charge on any atom is -0.667 e. The van der Waals surface area contributed by atoms with Crippen molar-refractivity contribution in [1.29, 1.82) is 0 Å². The number of anilines is 1. The van der Waals surface area contributed by atoms with Gasteiger partial charge in [-0.1, -0.05) is 63.6 Å². The van der Waals surface area contributed by atoms with E-state index in [1.165, 1.54) is 25.7 Å². The number of rotatable bonds is 14. The molecule has 2 fully saturated rings. The van der Waals surface area contributed by atoms with Crippen LogP contribution in [-0.2, 0) is 11.8 Å². The highest BCUT2D eigenvalue weighted by Gasteiger charge is 2.41. The Bertz CT molecular complexity index is 1290. The number of benzene rings is 1. The summed E-state index contributed by atoms with van der Waals surface area (Å²) >= 11 is 0. The van der Waals surface area contributed by atoms with Crippen LogP contribution in [0.2, 0.25) is 0 Å². The van der Waals surface area contributed by atoms with Gasteiger partial charge in [0, 0.05) is 6.20 Å². The van der Waals surface area contributed by atoms with Crippen molar-refractivity contribution in [1.82, 2.24) is 9.97 Å². The summed E-state index contributed by atoms with van der Waals surface area (Å²) in [4.78, 5) is 8.99. The van der Waals surface area contributed by atoms with Crippen molar-refractivity contribution < 1.29 is 20.1 Å². The lowest BCUT2D eigenvalue weighted by Crippen LogP contribution is -2.33. The summed E-state index contributed by atoms with van der Waals surface area (Å²) in [7, 11) is 0. The number of aryl methyl sites for hydroxylation is 1. The highest BCUT2D eigenvalue weighted by molar-refractivity contribution is 5.42. The average molecular weight is 603 g/mol. The molecule has 0 amide bonds. The van der Waals surface area contributed by atoms with Gasteiger partial charge in [0.05, 0.1) is 18.8 Å². The predicted octanol–water partition coefficient (Wildman–Crippen LogP) is 7.04. The van der Waals surface area contributed by atoms with Crippen LogP contribution in [-0.4, -0.2) is 39.1 Å². The molecule has 2 heterocycles. The van der Waals surface area contributed by atoms with E-state index in [0.29, 0.717) is 43.4 Å². The molecule has 0 saturated heterocycles. The zero-order valence-corrected chi connectivity index (χ0v) is 26.4. The molecule has 2 aromatic heterocycles. The molecule has 0 aliphatic heterocycles. The lowest BCUT2D eigenvalue weighted by molar-refractivity contribution is 0.0352. The van der Waals surface area contributed by atoms with Gasteiger partial charge in [-0.25, -0.2) is 4.98 Å². The molecule has 0 spiro atoms. The molecular formula is C37H52N3O4-. The third-order valence-electron chi connectivity index (χ3n) is 10.7. The van der Waals surface area contributed by atoms with Gasteiger partial charge in [-0.05, 0) is 110 Å². The largest absolute Gasteiger partial charge is 0.667 e. The molecule has 5 rings (SSSR count). The van der Waals surface area contributed by atoms with Gasteiger partial charge in [0.15, 0.2) is 11.5 Å². The molecule has 0 radical (unpaired) electrons. The van der Waals surface area contributed by atoms with E-state index < -0.39 is 12.2 Å². The summed E-state index contributed by atoms with van der Waals surface area (Å²) < 4.78 is 6.24. The maximum absolute atomic E-state index is 10.9. The quantitative estimate of drug-likeness (QED) is 0.146. The minimum absolute atomic E-state index is 0.0836. The maximum atomic E-state index is 10.9. The van der Waals surface area contributed by atoms with Crippen LogP contribution in [0.15, 0.2) is 54.9 Å². The standard InChI is InChI=1S/C37H52N3O4/c1-2-26-7-5-8-28(13-10-26)33(43)25-30(41)14-11-27-12-15-32(42)34(23-27)44-22-17-31(29-16-21-40-36(38)24-29)37(18-3-4-19-37)35-9-6-20-39-35/h6,9,12,15-16,20-21,23-24,26,28,30-31,33,41-43H,2-5,7-8,10-11,13-14,17-19,22,25H2,1H3,(H2,38,40)/q-1/t26-,28-,30-,31-,33-/m1/s1. The molecule has 3 aromatic rings. The van der Waals surface area contributed by atoms with E-state index in [1.54, 1.807) is 12.3 Å². The molecule has 2 saturated carbocycles. The number of nitrogens with two attached hydrogens (primary N) is 1. The van der Waals surface area contributed by atoms with E-state index in [2.05, 4.69) is 24.0 Å². The van der Waals surface area contributed by atoms with E-state index in [0.717, 1.165) is 67.7 Å². The highest BCUT2D eigenvalue weighted by atomic mass is 16.5. The van der Waals surface area contributed by atoms with Crippen molar-refractivity contribution in [2.45, 2.75) is 120 Å².